The predicted molar refractivity (Wildman–Crippen MR) is 84.6 cm³/mol. The van der Waals surface area contributed by atoms with Gasteiger partial charge in [0.15, 0.2) is 0 Å². The molecule has 21 heavy (non-hydrogen) atoms. The van der Waals surface area contributed by atoms with Crippen molar-refractivity contribution < 1.29 is 4.74 Å². The van der Waals surface area contributed by atoms with Crippen molar-refractivity contribution in [2.75, 3.05) is 0 Å². The molecular weight excluding hydrogens is 262 g/mol. The molecule has 1 aromatic heterocycles. The Kier molecular flexibility index (Phi) is 4.58. The Morgan fingerprint density at radius 1 is 1.14 bits per heavy atom. The smallest absolute Gasteiger partial charge is 0.238 e. The highest BCUT2D eigenvalue weighted by Crippen LogP contribution is 2.24. The van der Waals surface area contributed by atoms with Gasteiger partial charge in [-0.3, -0.25) is 4.98 Å². The zero-order chi connectivity index (χ0) is 15.5. The van der Waals surface area contributed by atoms with Crippen LogP contribution in [0.4, 0.5) is 0 Å². The number of nitrogens with one attached hydrogen (secondary N) is 1. The molecular formula is C17H23N3O. The monoisotopic (exact) mass is 285 g/mol. The second-order valence-corrected chi connectivity index (χ2v) is 6.32. The van der Waals surface area contributed by atoms with E-state index in [9.17, 15) is 0 Å². The summed E-state index contributed by atoms with van der Waals surface area (Å²) >= 11 is 0. The summed E-state index contributed by atoms with van der Waals surface area (Å²) in [6, 6.07) is 6.08. The molecule has 0 bridgehead atoms. The molecule has 1 heterocycles. The molecule has 0 radical (unpaired) electrons. The topological polar surface area (TPSA) is 47.0 Å². The molecule has 0 saturated carbocycles. The first-order chi connectivity index (χ1) is 9.83. The third kappa shape index (κ3) is 4.83. The molecule has 4 nitrogen and oxygen atoms in total. The molecule has 0 aliphatic rings. The maximum absolute atomic E-state index is 5.84. The van der Waals surface area contributed by atoms with Crippen molar-refractivity contribution in [3.05, 3.63) is 47.4 Å². The zero-order valence-electron chi connectivity index (χ0n) is 13.4. The van der Waals surface area contributed by atoms with Gasteiger partial charge in [-0.25, -0.2) is 4.98 Å². The molecule has 0 atom stereocenters. The fourth-order valence-corrected chi connectivity index (χ4v) is 1.90. The van der Waals surface area contributed by atoms with Gasteiger partial charge < -0.3 is 10.1 Å². The Bertz CT molecular complexity index is 618. The van der Waals surface area contributed by atoms with Gasteiger partial charge in [0.05, 0.1) is 11.9 Å². The summed E-state index contributed by atoms with van der Waals surface area (Å²) in [5, 5.41) is 3.39. The first-order valence-corrected chi connectivity index (χ1v) is 7.14. The predicted octanol–water partition coefficient (Wildman–Crippen LogP) is 3.77. The van der Waals surface area contributed by atoms with Gasteiger partial charge in [-0.1, -0.05) is 17.7 Å². The SMILES string of the molecule is Cc1ccc(Oc2cncc(CNC(C)(C)C)n2)c(C)c1. The van der Waals surface area contributed by atoms with Crippen molar-refractivity contribution in [2.24, 2.45) is 0 Å². The van der Waals surface area contributed by atoms with E-state index in [0.29, 0.717) is 12.4 Å². The lowest BCUT2D eigenvalue weighted by Gasteiger charge is -2.20. The van der Waals surface area contributed by atoms with E-state index in [1.165, 1.54) is 5.56 Å². The molecule has 0 aliphatic heterocycles. The molecule has 1 N–H and O–H groups in total. The van der Waals surface area contributed by atoms with Crippen LogP contribution in [-0.4, -0.2) is 15.5 Å². The molecule has 0 fully saturated rings. The first-order valence-electron chi connectivity index (χ1n) is 7.14. The molecule has 2 rings (SSSR count). The van der Waals surface area contributed by atoms with Crippen LogP contribution >= 0.6 is 0 Å². The number of hydrogen-bond donors (Lipinski definition) is 1. The molecule has 0 spiro atoms. The maximum atomic E-state index is 5.84. The van der Waals surface area contributed by atoms with Crippen molar-refractivity contribution >= 4 is 0 Å². The summed E-state index contributed by atoms with van der Waals surface area (Å²) in [6.45, 7) is 11.1. The van der Waals surface area contributed by atoms with Crippen molar-refractivity contribution in [3.8, 4) is 11.6 Å². The van der Waals surface area contributed by atoms with Crippen LogP contribution in [0.25, 0.3) is 0 Å². The highest BCUT2D eigenvalue weighted by molar-refractivity contribution is 5.37. The van der Waals surface area contributed by atoms with Crippen LogP contribution in [-0.2, 0) is 6.54 Å². The number of hydrogen-bond acceptors (Lipinski definition) is 4. The van der Waals surface area contributed by atoms with E-state index in [0.717, 1.165) is 17.0 Å². The molecule has 1 aromatic carbocycles. The Morgan fingerprint density at radius 3 is 2.57 bits per heavy atom. The van der Waals surface area contributed by atoms with Gasteiger partial charge in [0, 0.05) is 18.3 Å². The fourth-order valence-electron chi connectivity index (χ4n) is 1.90. The summed E-state index contributed by atoms with van der Waals surface area (Å²) in [4.78, 5) is 8.69. The van der Waals surface area contributed by atoms with E-state index in [2.05, 4.69) is 49.0 Å². The molecule has 112 valence electrons. The standard InChI is InChI=1S/C17H23N3O/c1-12-6-7-15(13(2)8-12)21-16-11-18-9-14(20-16)10-19-17(3,4)5/h6-9,11,19H,10H2,1-5H3. The number of aryl methyl sites for hydroxylation is 2. The van der Waals surface area contributed by atoms with Gasteiger partial charge in [0.25, 0.3) is 0 Å². The van der Waals surface area contributed by atoms with E-state index < -0.39 is 0 Å². The van der Waals surface area contributed by atoms with Crippen molar-refractivity contribution in [3.63, 3.8) is 0 Å². The second-order valence-electron chi connectivity index (χ2n) is 6.32. The minimum absolute atomic E-state index is 0.0477. The van der Waals surface area contributed by atoms with Gasteiger partial charge in [0.2, 0.25) is 5.88 Å². The van der Waals surface area contributed by atoms with Crippen LogP contribution < -0.4 is 10.1 Å². The highest BCUT2D eigenvalue weighted by atomic mass is 16.5. The highest BCUT2D eigenvalue weighted by Gasteiger charge is 2.10. The van der Waals surface area contributed by atoms with Gasteiger partial charge in [0.1, 0.15) is 5.75 Å². The van der Waals surface area contributed by atoms with Crippen LogP contribution in [0.3, 0.4) is 0 Å². The Morgan fingerprint density at radius 2 is 1.90 bits per heavy atom. The van der Waals surface area contributed by atoms with Gasteiger partial charge in [-0.2, -0.15) is 0 Å². The molecule has 0 aliphatic carbocycles. The van der Waals surface area contributed by atoms with Crippen LogP contribution in [0.2, 0.25) is 0 Å². The van der Waals surface area contributed by atoms with Gasteiger partial charge in [-0.15, -0.1) is 0 Å². The van der Waals surface area contributed by atoms with Crippen LogP contribution in [0.5, 0.6) is 11.6 Å². The van der Waals surface area contributed by atoms with Gasteiger partial charge >= 0.3 is 0 Å². The maximum Gasteiger partial charge on any atom is 0.238 e. The quantitative estimate of drug-likeness (QED) is 0.928. The normalized spacial score (nSPS) is 11.5. The lowest BCUT2D eigenvalue weighted by atomic mass is 10.1. The van der Waals surface area contributed by atoms with Crippen LogP contribution in [0, 0.1) is 13.8 Å². The summed E-state index contributed by atoms with van der Waals surface area (Å²) in [5.41, 5.74) is 3.22. The molecule has 2 aromatic rings. The Hall–Kier alpha value is -1.94. The minimum atomic E-state index is 0.0477. The average molecular weight is 285 g/mol. The number of aromatic nitrogens is 2. The number of rotatable bonds is 4. The van der Waals surface area contributed by atoms with E-state index in [4.69, 9.17) is 4.74 Å². The van der Waals surface area contributed by atoms with Crippen molar-refractivity contribution in [1.82, 2.24) is 15.3 Å². The minimum Gasteiger partial charge on any atom is -0.437 e. The van der Waals surface area contributed by atoms with Crippen molar-refractivity contribution in [1.29, 1.82) is 0 Å². The van der Waals surface area contributed by atoms with Crippen LogP contribution in [0.15, 0.2) is 30.6 Å². The Balaban J connectivity index is 2.10. The summed E-state index contributed by atoms with van der Waals surface area (Å²) in [7, 11) is 0. The third-order valence-corrected chi connectivity index (χ3v) is 3.01. The lowest BCUT2D eigenvalue weighted by Crippen LogP contribution is -2.35. The van der Waals surface area contributed by atoms with E-state index in [1.54, 1.807) is 12.4 Å². The number of nitrogens with zero attached hydrogens (tertiary/aromatic N) is 2. The molecule has 4 heteroatoms. The summed E-state index contributed by atoms with van der Waals surface area (Å²) < 4.78 is 5.84. The summed E-state index contributed by atoms with van der Waals surface area (Å²) in [6.07, 6.45) is 3.40. The third-order valence-electron chi connectivity index (χ3n) is 3.01. The fraction of sp³-hybridized carbons (Fsp3) is 0.412. The van der Waals surface area contributed by atoms with E-state index in [1.807, 2.05) is 19.1 Å². The van der Waals surface area contributed by atoms with E-state index >= 15 is 0 Å². The lowest BCUT2D eigenvalue weighted by molar-refractivity contribution is 0.414. The van der Waals surface area contributed by atoms with Crippen molar-refractivity contribution in [2.45, 2.75) is 46.7 Å². The Labute approximate surface area is 126 Å². The van der Waals surface area contributed by atoms with Gasteiger partial charge in [-0.05, 0) is 46.2 Å². The largest absolute Gasteiger partial charge is 0.437 e. The number of ether oxygens (including phenoxy) is 1. The molecule has 0 unspecified atom stereocenters. The average Bonchev–Trinajstić information content (AvgIpc) is 2.39. The molecule has 0 saturated heterocycles. The molecule has 0 amide bonds. The zero-order valence-corrected chi connectivity index (χ0v) is 13.4. The van der Waals surface area contributed by atoms with Crippen LogP contribution in [0.1, 0.15) is 37.6 Å². The van der Waals surface area contributed by atoms with E-state index in [-0.39, 0.29) is 5.54 Å². The first kappa shape index (κ1) is 15.4. The second kappa shape index (κ2) is 6.22. The summed E-state index contributed by atoms with van der Waals surface area (Å²) in [5.74, 6) is 1.34. The number of benzene rings is 1.